The molecule has 10 heteroatoms. The molecule has 3 amide bonds. The molecule has 1 saturated carbocycles. The molecule has 1 aliphatic carbocycles. The molecule has 1 aliphatic heterocycles. The van der Waals surface area contributed by atoms with E-state index < -0.39 is 6.04 Å². The highest BCUT2D eigenvalue weighted by Gasteiger charge is 2.30. The summed E-state index contributed by atoms with van der Waals surface area (Å²) in [6, 6.07) is 5.32. The molecular formula is C32H47N5O3S2. The Morgan fingerprint density at radius 2 is 1.86 bits per heavy atom. The lowest BCUT2D eigenvalue weighted by molar-refractivity contribution is -0.129. The molecule has 0 spiro atoms. The van der Waals surface area contributed by atoms with Crippen LogP contribution in [-0.2, 0) is 27.2 Å². The highest BCUT2D eigenvalue weighted by atomic mass is 32.2. The average Bonchev–Trinajstić information content (AvgIpc) is 3.41. The Kier molecular flexibility index (Phi) is 12.7. The van der Waals surface area contributed by atoms with Crippen molar-refractivity contribution in [2.24, 2.45) is 5.92 Å². The summed E-state index contributed by atoms with van der Waals surface area (Å²) in [7, 11) is 0. The molecule has 1 aromatic carbocycles. The summed E-state index contributed by atoms with van der Waals surface area (Å²) in [6.07, 6.45) is 7.81. The maximum absolute atomic E-state index is 13.8. The number of benzene rings is 1. The van der Waals surface area contributed by atoms with Crippen molar-refractivity contribution in [3.63, 3.8) is 0 Å². The molecule has 1 aromatic heterocycles. The first-order valence-corrected chi connectivity index (χ1v) is 17.6. The fourth-order valence-corrected chi connectivity index (χ4v) is 7.84. The summed E-state index contributed by atoms with van der Waals surface area (Å²) in [5.41, 5.74) is 2.72. The first kappa shape index (κ1) is 32.5. The number of carbonyl (C=O) groups is 3. The predicted octanol–water partition coefficient (Wildman–Crippen LogP) is 4.47. The van der Waals surface area contributed by atoms with Crippen LogP contribution >= 0.6 is 23.1 Å². The molecule has 3 N–H and O–H groups in total. The Morgan fingerprint density at radius 3 is 2.57 bits per heavy atom. The second-order valence-corrected chi connectivity index (χ2v) is 13.9. The molecule has 230 valence electrons. The molecule has 1 saturated heterocycles. The van der Waals surface area contributed by atoms with Crippen molar-refractivity contribution in [3.05, 3.63) is 40.9 Å². The second-order valence-electron chi connectivity index (χ2n) is 11.6. The van der Waals surface area contributed by atoms with Gasteiger partial charge in [0.1, 0.15) is 6.04 Å². The van der Waals surface area contributed by atoms with E-state index in [0.717, 1.165) is 71.9 Å². The molecule has 0 unspecified atom stereocenters. The Morgan fingerprint density at radius 1 is 1.10 bits per heavy atom. The Hall–Kier alpha value is -2.43. The third-order valence-electron chi connectivity index (χ3n) is 8.28. The van der Waals surface area contributed by atoms with Crippen LogP contribution in [0.5, 0.6) is 0 Å². The molecule has 2 atom stereocenters. The van der Waals surface area contributed by atoms with E-state index in [9.17, 15) is 14.4 Å². The maximum Gasteiger partial charge on any atom is 0.247 e. The SMILES string of the molecule is C=C(CN1CCSCC1)C(=O)NC[C@@H](NC(=O)[C@H](Cc1nc2ccc(CC)cc2s1)NC(=O)CCC)C1CCCCC1. The first-order valence-electron chi connectivity index (χ1n) is 15.6. The van der Waals surface area contributed by atoms with Crippen LogP contribution in [0, 0.1) is 5.92 Å². The van der Waals surface area contributed by atoms with Crippen molar-refractivity contribution in [2.45, 2.75) is 83.7 Å². The molecule has 42 heavy (non-hydrogen) atoms. The fraction of sp³-hybridized carbons (Fsp3) is 0.625. The lowest BCUT2D eigenvalue weighted by Gasteiger charge is -2.32. The number of aromatic nitrogens is 1. The molecule has 8 nitrogen and oxygen atoms in total. The standard InChI is InChI=1S/C32H47N5O3S2/c1-4-9-29(38)34-26(19-30-35-25-13-12-23(5-2)18-28(25)42-30)32(40)36-27(24-10-7-6-8-11-24)20-33-31(39)22(3)21-37-14-16-41-17-15-37/h12-13,18,24,26-27H,3-11,14-17,19-21H2,1-2H3,(H,33,39)(H,34,38)(H,36,40)/t26-,27+/m0/s1. The summed E-state index contributed by atoms with van der Waals surface area (Å²) in [5.74, 6) is 1.92. The van der Waals surface area contributed by atoms with Gasteiger partial charge < -0.3 is 16.0 Å². The van der Waals surface area contributed by atoms with Crippen molar-refractivity contribution in [1.29, 1.82) is 0 Å². The van der Waals surface area contributed by atoms with E-state index in [2.05, 4.69) is 46.5 Å². The molecular weight excluding hydrogens is 567 g/mol. The van der Waals surface area contributed by atoms with Gasteiger partial charge in [0.05, 0.1) is 15.2 Å². The quantitative estimate of drug-likeness (QED) is 0.272. The van der Waals surface area contributed by atoms with E-state index in [-0.39, 0.29) is 29.7 Å². The summed E-state index contributed by atoms with van der Waals surface area (Å²) in [5, 5.41) is 10.1. The van der Waals surface area contributed by atoms with Crippen molar-refractivity contribution < 1.29 is 14.4 Å². The number of thioether (sulfide) groups is 1. The van der Waals surface area contributed by atoms with Crippen LogP contribution in [0.1, 0.15) is 69.4 Å². The molecule has 4 rings (SSSR count). The van der Waals surface area contributed by atoms with E-state index in [4.69, 9.17) is 4.98 Å². The van der Waals surface area contributed by atoms with Crippen LogP contribution < -0.4 is 16.0 Å². The molecule has 0 radical (unpaired) electrons. The maximum atomic E-state index is 13.8. The van der Waals surface area contributed by atoms with E-state index in [1.165, 1.54) is 12.0 Å². The molecule has 0 bridgehead atoms. The van der Waals surface area contributed by atoms with Crippen molar-refractivity contribution >= 4 is 51.0 Å². The Bertz CT molecular complexity index is 1220. The number of hydrogen-bond donors (Lipinski definition) is 3. The van der Waals surface area contributed by atoms with Gasteiger partial charge in [-0.25, -0.2) is 4.98 Å². The lowest BCUT2D eigenvalue weighted by Crippen LogP contribution is -2.55. The van der Waals surface area contributed by atoms with Gasteiger partial charge >= 0.3 is 0 Å². The monoisotopic (exact) mass is 613 g/mol. The highest BCUT2D eigenvalue weighted by molar-refractivity contribution is 7.99. The number of fused-ring (bicyclic) bond motifs is 1. The van der Waals surface area contributed by atoms with E-state index in [0.29, 0.717) is 37.9 Å². The second kappa shape index (κ2) is 16.4. The van der Waals surface area contributed by atoms with Gasteiger partial charge in [0.2, 0.25) is 17.7 Å². The van der Waals surface area contributed by atoms with Crippen LogP contribution in [0.15, 0.2) is 30.4 Å². The predicted molar refractivity (Wildman–Crippen MR) is 174 cm³/mol. The van der Waals surface area contributed by atoms with Crippen molar-refractivity contribution in [3.8, 4) is 0 Å². The van der Waals surface area contributed by atoms with Crippen LogP contribution in [0.3, 0.4) is 0 Å². The van der Waals surface area contributed by atoms with Crippen LogP contribution in [0.4, 0.5) is 0 Å². The molecule has 2 aliphatic rings. The normalized spacial score (nSPS) is 17.9. The minimum Gasteiger partial charge on any atom is -0.350 e. The highest BCUT2D eigenvalue weighted by Crippen LogP contribution is 2.27. The summed E-state index contributed by atoms with van der Waals surface area (Å²) >= 11 is 3.52. The third-order valence-corrected chi connectivity index (χ3v) is 10.3. The third kappa shape index (κ3) is 9.54. The zero-order valence-corrected chi connectivity index (χ0v) is 26.8. The first-order chi connectivity index (χ1) is 20.4. The van der Waals surface area contributed by atoms with E-state index >= 15 is 0 Å². The number of amides is 3. The number of aryl methyl sites for hydroxylation is 1. The van der Waals surface area contributed by atoms with Gasteiger partial charge in [0.25, 0.3) is 0 Å². The number of rotatable bonds is 14. The number of thiazole rings is 1. The van der Waals surface area contributed by atoms with Crippen molar-refractivity contribution in [2.75, 3.05) is 37.7 Å². The lowest BCUT2D eigenvalue weighted by atomic mass is 9.83. The summed E-state index contributed by atoms with van der Waals surface area (Å²) < 4.78 is 1.09. The number of nitrogens with zero attached hydrogens (tertiary/aromatic N) is 2. The Labute approximate surface area is 258 Å². The van der Waals surface area contributed by atoms with Gasteiger partial charge in [-0.15, -0.1) is 11.3 Å². The minimum atomic E-state index is -0.732. The van der Waals surface area contributed by atoms with Gasteiger partial charge in [0, 0.05) is 62.1 Å². The van der Waals surface area contributed by atoms with Gasteiger partial charge in [-0.05, 0) is 49.3 Å². The van der Waals surface area contributed by atoms with Crippen LogP contribution in [0.2, 0.25) is 0 Å². The zero-order chi connectivity index (χ0) is 29.9. The van der Waals surface area contributed by atoms with Gasteiger partial charge in [-0.1, -0.05) is 45.8 Å². The number of nitrogens with one attached hydrogen (secondary N) is 3. The largest absolute Gasteiger partial charge is 0.350 e. The smallest absolute Gasteiger partial charge is 0.247 e. The zero-order valence-electron chi connectivity index (χ0n) is 25.2. The fourth-order valence-electron chi connectivity index (χ4n) is 5.79. The van der Waals surface area contributed by atoms with Crippen molar-refractivity contribution in [1.82, 2.24) is 25.8 Å². The average molecular weight is 614 g/mol. The summed E-state index contributed by atoms with van der Waals surface area (Å²) in [6.45, 7) is 11.0. The number of carbonyl (C=O) groups excluding carboxylic acids is 3. The van der Waals surface area contributed by atoms with Gasteiger partial charge in [-0.3, -0.25) is 19.3 Å². The topological polar surface area (TPSA) is 103 Å². The minimum absolute atomic E-state index is 0.137. The van der Waals surface area contributed by atoms with E-state index in [1.54, 1.807) is 11.3 Å². The van der Waals surface area contributed by atoms with Crippen LogP contribution in [-0.4, -0.2) is 77.4 Å². The van der Waals surface area contributed by atoms with Gasteiger partial charge in [0.15, 0.2) is 0 Å². The van der Waals surface area contributed by atoms with E-state index in [1.807, 2.05) is 24.8 Å². The molecule has 2 heterocycles. The summed E-state index contributed by atoms with van der Waals surface area (Å²) in [4.78, 5) is 46.5. The molecule has 2 aromatic rings. The Balaban J connectivity index is 1.44. The van der Waals surface area contributed by atoms with Crippen LogP contribution in [0.25, 0.3) is 10.2 Å². The molecule has 2 fully saturated rings. The van der Waals surface area contributed by atoms with Gasteiger partial charge in [-0.2, -0.15) is 11.8 Å². The number of hydrogen-bond acceptors (Lipinski definition) is 7.